The number of hydrogen-bond donors (Lipinski definition) is 1. The fraction of sp³-hybridized carbons (Fsp3) is 0.500. The summed E-state index contributed by atoms with van der Waals surface area (Å²) >= 11 is 0. The van der Waals surface area contributed by atoms with Gasteiger partial charge in [0.15, 0.2) is 5.69 Å². The molecule has 1 aromatic heterocycles. The standard InChI is InChI=1S/C20H23N3O3/c24-20(26-18-12-23-7-3-14(18)4-8-23)19-16-11-15(1-2-17(16)21-22-19)13-5-9-25-10-6-13/h1-2,5,11,14,18H,3-4,6-10,12H2,(H,21,22). The topological polar surface area (TPSA) is 67.5 Å². The molecule has 1 aromatic carbocycles. The second-order valence-corrected chi connectivity index (χ2v) is 7.47. The number of fused-ring (bicyclic) bond motifs is 4. The Labute approximate surface area is 152 Å². The van der Waals surface area contributed by atoms with Gasteiger partial charge in [-0.2, -0.15) is 5.10 Å². The van der Waals surface area contributed by atoms with E-state index in [1.807, 2.05) is 12.1 Å². The number of nitrogens with zero attached hydrogens (tertiary/aromatic N) is 2. The van der Waals surface area contributed by atoms with Crippen molar-refractivity contribution in [2.75, 3.05) is 32.8 Å². The number of piperidine rings is 3. The fourth-order valence-corrected chi connectivity index (χ4v) is 4.40. The Morgan fingerprint density at radius 1 is 1.31 bits per heavy atom. The Bertz CT molecular complexity index is 864. The van der Waals surface area contributed by atoms with Gasteiger partial charge in [0.2, 0.25) is 0 Å². The van der Waals surface area contributed by atoms with Crippen LogP contribution in [-0.2, 0) is 9.47 Å². The van der Waals surface area contributed by atoms with E-state index in [1.54, 1.807) is 0 Å². The number of aromatic amines is 1. The largest absolute Gasteiger partial charge is 0.456 e. The minimum absolute atomic E-state index is 0.00173. The van der Waals surface area contributed by atoms with Crippen LogP contribution >= 0.6 is 0 Å². The predicted octanol–water partition coefficient (Wildman–Crippen LogP) is 2.62. The van der Waals surface area contributed by atoms with Crippen LogP contribution in [0.2, 0.25) is 0 Å². The molecule has 3 saturated heterocycles. The second-order valence-electron chi connectivity index (χ2n) is 7.47. The normalized spacial score (nSPS) is 28.2. The van der Waals surface area contributed by atoms with E-state index in [0.717, 1.165) is 62.0 Å². The predicted molar refractivity (Wildman–Crippen MR) is 97.9 cm³/mol. The first-order valence-corrected chi connectivity index (χ1v) is 9.46. The maximum Gasteiger partial charge on any atom is 0.359 e. The van der Waals surface area contributed by atoms with Crippen LogP contribution in [0.3, 0.4) is 0 Å². The summed E-state index contributed by atoms with van der Waals surface area (Å²) in [6.07, 6.45) is 5.25. The third-order valence-corrected chi connectivity index (χ3v) is 5.94. The van der Waals surface area contributed by atoms with Crippen molar-refractivity contribution >= 4 is 22.4 Å². The molecule has 136 valence electrons. The van der Waals surface area contributed by atoms with E-state index < -0.39 is 0 Å². The number of carbonyl (C=O) groups excluding carboxylic acids is 1. The van der Waals surface area contributed by atoms with E-state index in [0.29, 0.717) is 18.2 Å². The zero-order valence-corrected chi connectivity index (χ0v) is 14.7. The first kappa shape index (κ1) is 16.0. The van der Waals surface area contributed by atoms with Crippen LogP contribution in [-0.4, -0.2) is 60.0 Å². The summed E-state index contributed by atoms with van der Waals surface area (Å²) in [5, 5.41) is 8.05. The molecule has 6 nitrogen and oxygen atoms in total. The van der Waals surface area contributed by atoms with Crippen LogP contribution in [0.25, 0.3) is 16.5 Å². The Hall–Kier alpha value is -2.18. The molecule has 6 rings (SSSR count). The molecule has 4 aliphatic rings. The van der Waals surface area contributed by atoms with Gasteiger partial charge in [0.25, 0.3) is 0 Å². The Morgan fingerprint density at radius 2 is 2.19 bits per heavy atom. The lowest BCUT2D eigenvalue weighted by atomic mass is 9.86. The van der Waals surface area contributed by atoms with Crippen molar-refractivity contribution in [1.82, 2.24) is 15.1 Å². The number of H-pyrrole nitrogens is 1. The molecule has 6 heteroatoms. The molecular formula is C20H23N3O3. The lowest BCUT2D eigenvalue weighted by Crippen LogP contribution is -2.51. The van der Waals surface area contributed by atoms with E-state index >= 15 is 0 Å². The van der Waals surface area contributed by atoms with Crippen molar-refractivity contribution in [2.45, 2.75) is 25.4 Å². The molecule has 0 spiro atoms. The fourth-order valence-electron chi connectivity index (χ4n) is 4.40. The van der Waals surface area contributed by atoms with Crippen LogP contribution in [0, 0.1) is 5.92 Å². The van der Waals surface area contributed by atoms with Gasteiger partial charge in [-0.3, -0.25) is 10.00 Å². The molecule has 2 aromatic rings. The number of ether oxygens (including phenoxy) is 2. The van der Waals surface area contributed by atoms with Crippen molar-refractivity contribution in [1.29, 1.82) is 0 Å². The monoisotopic (exact) mass is 353 g/mol. The van der Waals surface area contributed by atoms with Gasteiger partial charge in [-0.25, -0.2) is 4.79 Å². The number of benzene rings is 1. The van der Waals surface area contributed by atoms with Gasteiger partial charge >= 0.3 is 5.97 Å². The van der Waals surface area contributed by atoms with Crippen LogP contribution in [0.5, 0.6) is 0 Å². The van der Waals surface area contributed by atoms with Gasteiger partial charge in [-0.1, -0.05) is 12.1 Å². The molecule has 3 fully saturated rings. The zero-order valence-electron chi connectivity index (χ0n) is 14.7. The summed E-state index contributed by atoms with van der Waals surface area (Å²) in [6, 6.07) is 6.10. The summed E-state index contributed by atoms with van der Waals surface area (Å²) in [4.78, 5) is 15.2. The number of esters is 1. The molecule has 0 amide bonds. The molecule has 4 aliphatic heterocycles. The number of rotatable bonds is 3. The minimum Gasteiger partial charge on any atom is -0.456 e. The van der Waals surface area contributed by atoms with Crippen LogP contribution in [0.4, 0.5) is 0 Å². The molecule has 0 aliphatic carbocycles. The zero-order chi connectivity index (χ0) is 17.5. The van der Waals surface area contributed by atoms with Gasteiger partial charge in [0.05, 0.1) is 18.7 Å². The molecule has 0 radical (unpaired) electrons. The Balaban J connectivity index is 1.41. The lowest BCUT2D eigenvalue weighted by Gasteiger charge is -2.43. The lowest BCUT2D eigenvalue weighted by molar-refractivity contribution is -0.0458. The summed E-state index contributed by atoms with van der Waals surface area (Å²) in [5.74, 6) is 0.185. The summed E-state index contributed by atoms with van der Waals surface area (Å²) < 4.78 is 11.3. The van der Waals surface area contributed by atoms with Gasteiger partial charge in [0, 0.05) is 11.9 Å². The van der Waals surface area contributed by atoms with Crippen molar-refractivity contribution in [3.63, 3.8) is 0 Å². The first-order chi connectivity index (χ1) is 12.8. The van der Waals surface area contributed by atoms with Crippen molar-refractivity contribution in [3.8, 4) is 0 Å². The smallest absolute Gasteiger partial charge is 0.359 e. The highest BCUT2D eigenvalue weighted by Crippen LogP contribution is 2.31. The molecule has 2 bridgehead atoms. The van der Waals surface area contributed by atoms with E-state index in [9.17, 15) is 4.79 Å². The molecule has 5 heterocycles. The van der Waals surface area contributed by atoms with Gasteiger partial charge < -0.3 is 9.47 Å². The second kappa shape index (κ2) is 6.52. The molecule has 26 heavy (non-hydrogen) atoms. The maximum absolute atomic E-state index is 12.8. The number of aromatic nitrogens is 2. The van der Waals surface area contributed by atoms with Crippen LogP contribution in [0.1, 0.15) is 35.3 Å². The van der Waals surface area contributed by atoms with Crippen LogP contribution < -0.4 is 0 Å². The number of carbonyl (C=O) groups is 1. The quantitative estimate of drug-likeness (QED) is 0.859. The summed E-state index contributed by atoms with van der Waals surface area (Å²) in [6.45, 7) is 4.51. The van der Waals surface area contributed by atoms with Crippen LogP contribution in [0.15, 0.2) is 24.3 Å². The number of hydrogen-bond acceptors (Lipinski definition) is 5. The average Bonchev–Trinajstić information content (AvgIpc) is 3.13. The van der Waals surface area contributed by atoms with E-state index in [4.69, 9.17) is 9.47 Å². The van der Waals surface area contributed by atoms with Crippen molar-refractivity contribution in [2.24, 2.45) is 5.92 Å². The number of nitrogens with one attached hydrogen (secondary N) is 1. The minimum atomic E-state index is -0.312. The molecule has 1 atom stereocenters. The van der Waals surface area contributed by atoms with Crippen molar-refractivity contribution in [3.05, 3.63) is 35.5 Å². The highest BCUT2D eigenvalue weighted by atomic mass is 16.5. The van der Waals surface area contributed by atoms with E-state index in [-0.39, 0.29) is 12.1 Å². The van der Waals surface area contributed by atoms with Gasteiger partial charge in [0.1, 0.15) is 6.10 Å². The summed E-state index contributed by atoms with van der Waals surface area (Å²) in [7, 11) is 0. The Kier molecular flexibility index (Phi) is 4.02. The molecule has 1 unspecified atom stereocenters. The SMILES string of the molecule is O=C(OC1CN2CCC1CC2)c1n[nH]c2ccc(C3=CCOCC3)cc12. The maximum atomic E-state index is 12.8. The molecular weight excluding hydrogens is 330 g/mol. The third kappa shape index (κ3) is 2.83. The highest BCUT2D eigenvalue weighted by molar-refractivity contribution is 6.02. The van der Waals surface area contributed by atoms with E-state index in [2.05, 4.69) is 27.2 Å². The first-order valence-electron chi connectivity index (χ1n) is 9.46. The van der Waals surface area contributed by atoms with E-state index in [1.165, 1.54) is 5.57 Å². The summed E-state index contributed by atoms with van der Waals surface area (Å²) in [5.41, 5.74) is 3.64. The van der Waals surface area contributed by atoms with Gasteiger partial charge in [-0.15, -0.1) is 0 Å². The molecule has 1 N–H and O–H groups in total. The van der Waals surface area contributed by atoms with Gasteiger partial charge in [-0.05, 0) is 61.5 Å². The Morgan fingerprint density at radius 3 is 2.92 bits per heavy atom. The average molecular weight is 353 g/mol. The van der Waals surface area contributed by atoms with Crippen molar-refractivity contribution < 1.29 is 14.3 Å². The highest BCUT2D eigenvalue weighted by Gasteiger charge is 2.37. The third-order valence-electron chi connectivity index (χ3n) is 5.94. The molecule has 0 saturated carbocycles.